The topological polar surface area (TPSA) is 71.3 Å². The Bertz CT molecular complexity index is 573. The molecule has 1 unspecified atom stereocenters. The Balaban J connectivity index is 2.28. The molecule has 5 nitrogen and oxygen atoms in total. The second-order valence-electron chi connectivity index (χ2n) is 5.65. The van der Waals surface area contributed by atoms with Gasteiger partial charge in [-0.2, -0.15) is 0 Å². The van der Waals surface area contributed by atoms with Gasteiger partial charge < -0.3 is 9.73 Å². The van der Waals surface area contributed by atoms with E-state index in [1.54, 1.807) is 20.9 Å². The number of furan rings is 1. The minimum atomic E-state index is -3.53. The molecule has 20 heavy (non-hydrogen) atoms. The zero-order chi connectivity index (χ0) is 14.9. The summed E-state index contributed by atoms with van der Waals surface area (Å²) < 4.78 is 33.6. The number of sulfonamides is 1. The zero-order valence-electron chi connectivity index (χ0n) is 12.6. The molecule has 1 fully saturated rings. The van der Waals surface area contributed by atoms with E-state index < -0.39 is 10.0 Å². The molecule has 1 aliphatic carbocycles. The van der Waals surface area contributed by atoms with Crippen LogP contribution < -0.4 is 10.0 Å². The molecule has 1 aromatic rings. The first-order chi connectivity index (χ1) is 9.36. The van der Waals surface area contributed by atoms with Crippen molar-refractivity contribution in [3.63, 3.8) is 0 Å². The Hall–Kier alpha value is -0.850. The van der Waals surface area contributed by atoms with E-state index in [2.05, 4.69) is 10.0 Å². The van der Waals surface area contributed by atoms with Crippen molar-refractivity contribution in [1.82, 2.24) is 10.0 Å². The van der Waals surface area contributed by atoms with E-state index in [4.69, 9.17) is 4.42 Å². The van der Waals surface area contributed by atoms with Crippen molar-refractivity contribution in [2.75, 3.05) is 7.05 Å². The lowest BCUT2D eigenvalue weighted by atomic mass is 9.81. The number of rotatable bonds is 6. The quantitative estimate of drug-likeness (QED) is 0.844. The van der Waals surface area contributed by atoms with Gasteiger partial charge in [0.1, 0.15) is 16.4 Å². The molecule has 1 aliphatic rings. The molecule has 1 atom stereocenters. The summed E-state index contributed by atoms with van der Waals surface area (Å²) in [5.74, 6) is 1.58. The van der Waals surface area contributed by atoms with E-state index >= 15 is 0 Å². The highest BCUT2D eigenvalue weighted by Crippen LogP contribution is 2.31. The molecule has 0 amide bonds. The third-order valence-electron chi connectivity index (χ3n) is 4.15. The standard InChI is InChI=1S/C14H24N2O3S/c1-9(12-6-5-7-12)16-20(17,18)14-11(3)19-10(2)13(14)8-15-4/h9,12,15-16H,5-8H2,1-4H3. The summed E-state index contributed by atoms with van der Waals surface area (Å²) in [6.45, 7) is 5.93. The van der Waals surface area contributed by atoms with E-state index in [1.807, 2.05) is 6.92 Å². The fraction of sp³-hybridized carbons (Fsp3) is 0.714. The first-order valence-electron chi connectivity index (χ1n) is 7.12. The van der Waals surface area contributed by atoms with E-state index in [9.17, 15) is 8.42 Å². The highest BCUT2D eigenvalue weighted by atomic mass is 32.2. The number of nitrogens with one attached hydrogen (secondary N) is 2. The number of hydrogen-bond donors (Lipinski definition) is 2. The largest absolute Gasteiger partial charge is 0.465 e. The van der Waals surface area contributed by atoms with E-state index in [0.29, 0.717) is 28.9 Å². The lowest BCUT2D eigenvalue weighted by Crippen LogP contribution is -2.41. The van der Waals surface area contributed by atoms with Gasteiger partial charge in [-0.1, -0.05) is 6.42 Å². The molecule has 1 heterocycles. The fourth-order valence-corrected chi connectivity index (χ4v) is 4.54. The molecule has 0 radical (unpaired) electrons. The van der Waals surface area contributed by atoms with Crippen LogP contribution in [0.2, 0.25) is 0 Å². The first kappa shape index (κ1) is 15.5. The zero-order valence-corrected chi connectivity index (χ0v) is 13.4. The maximum atomic E-state index is 12.6. The predicted octanol–water partition coefficient (Wildman–Crippen LogP) is 2.08. The van der Waals surface area contributed by atoms with Crippen LogP contribution in [-0.2, 0) is 16.6 Å². The number of hydrogen-bond acceptors (Lipinski definition) is 4. The second-order valence-corrected chi connectivity index (χ2v) is 7.30. The highest BCUT2D eigenvalue weighted by Gasteiger charge is 2.31. The summed E-state index contributed by atoms with van der Waals surface area (Å²) >= 11 is 0. The van der Waals surface area contributed by atoms with Crippen LogP contribution in [0.25, 0.3) is 0 Å². The van der Waals surface area contributed by atoms with Gasteiger partial charge in [0.15, 0.2) is 0 Å². The van der Waals surface area contributed by atoms with Gasteiger partial charge in [-0.05, 0) is 46.6 Å². The molecule has 0 aliphatic heterocycles. The molecule has 2 N–H and O–H groups in total. The summed E-state index contributed by atoms with van der Waals surface area (Å²) in [4.78, 5) is 0.301. The summed E-state index contributed by atoms with van der Waals surface area (Å²) in [5, 5.41) is 3.00. The summed E-state index contributed by atoms with van der Waals surface area (Å²) in [5.41, 5.74) is 0.721. The third kappa shape index (κ3) is 2.92. The Kier molecular flexibility index (Phi) is 4.56. The summed E-state index contributed by atoms with van der Waals surface area (Å²) in [6.07, 6.45) is 3.42. The fourth-order valence-electron chi connectivity index (χ4n) is 2.78. The number of aryl methyl sites for hydroxylation is 2. The van der Waals surface area contributed by atoms with Gasteiger partial charge in [0, 0.05) is 18.2 Å². The van der Waals surface area contributed by atoms with Crippen molar-refractivity contribution in [1.29, 1.82) is 0 Å². The van der Waals surface area contributed by atoms with Crippen LogP contribution in [0.4, 0.5) is 0 Å². The molecule has 0 aromatic carbocycles. The molecule has 0 spiro atoms. The highest BCUT2D eigenvalue weighted by molar-refractivity contribution is 7.89. The minimum absolute atomic E-state index is 0.0224. The second kappa shape index (κ2) is 5.87. The molecule has 1 aromatic heterocycles. The van der Waals surface area contributed by atoms with Crippen molar-refractivity contribution in [2.45, 2.75) is 57.5 Å². The van der Waals surface area contributed by atoms with Crippen molar-refractivity contribution >= 4 is 10.0 Å². The SMILES string of the molecule is CNCc1c(C)oc(C)c1S(=O)(=O)NC(C)C1CCC1. The van der Waals surface area contributed by atoms with Gasteiger partial charge in [0.2, 0.25) is 10.0 Å². The first-order valence-corrected chi connectivity index (χ1v) is 8.61. The lowest BCUT2D eigenvalue weighted by Gasteiger charge is -2.31. The predicted molar refractivity (Wildman–Crippen MR) is 78.1 cm³/mol. The van der Waals surface area contributed by atoms with E-state index in [0.717, 1.165) is 18.4 Å². The van der Waals surface area contributed by atoms with Crippen molar-refractivity contribution < 1.29 is 12.8 Å². The van der Waals surface area contributed by atoms with Crippen molar-refractivity contribution in [3.05, 3.63) is 17.1 Å². The maximum Gasteiger partial charge on any atom is 0.244 e. The lowest BCUT2D eigenvalue weighted by molar-refractivity contribution is 0.260. The molecule has 0 saturated heterocycles. The Morgan fingerprint density at radius 1 is 1.30 bits per heavy atom. The van der Waals surface area contributed by atoms with Crippen LogP contribution in [0.15, 0.2) is 9.31 Å². The average Bonchev–Trinajstić information content (AvgIpc) is 2.51. The molecule has 2 rings (SSSR count). The van der Waals surface area contributed by atoms with Crippen molar-refractivity contribution in [3.8, 4) is 0 Å². The van der Waals surface area contributed by atoms with Gasteiger partial charge in [0.05, 0.1) is 0 Å². The monoisotopic (exact) mass is 300 g/mol. The van der Waals surface area contributed by atoms with Gasteiger partial charge in [-0.15, -0.1) is 0 Å². The van der Waals surface area contributed by atoms with Gasteiger partial charge in [0.25, 0.3) is 0 Å². The van der Waals surface area contributed by atoms with Gasteiger partial charge in [-0.25, -0.2) is 13.1 Å². The van der Waals surface area contributed by atoms with Crippen molar-refractivity contribution in [2.24, 2.45) is 5.92 Å². The normalized spacial score (nSPS) is 18.0. The summed E-state index contributed by atoms with van der Waals surface area (Å²) in [6, 6.07) is -0.0224. The average molecular weight is 300 g/mol. The minimum Gasteiger partial charge on any atom is -0.465 e. The van der Waals surface area contributed by atoms with E-state index in [-0.39, 0.29) is 6.04 Å². The van der Waals surface area contributed by atoms with E-state index in [1.165, 1.54) is 6.42 Å². The van der Waals surface area contributed by atoms with Gasteiger partial charge >= 0.3 is 0 Å². The van der Waals surface area contributed by atoms with Crippen LogP contribution in [0.1, 0.15) is 43.3 Å². The Morgan fingerprint density at radius 2 is 1.95 bits per heavy atom. The van der Waals surface area contributed by atoms with Gasteiger partial charge in [-0.3, -0.25) is 0 Å². The molecule has 114 valence electrons. The van der Waals surface area contributed by atoms with Crippen LogP contribution in [0, 0.1) is 19.8 Å². The third-order valence-corrected chi connectivity index (χ3v) is 5.90. The van der Waals surface area contributed by atoms with Crippen LogP contribution in [-0.4, -0.2) is 21.5 Å². The smallest absolute Gasteiger partial charge is 0.244 e. The van der Waals surface area contributed by atoms with Crippen LogP contribution in [0.5, 0.6) is 0 Å². The van der Waals surface area contributed by atoms with Crippen LogP contribution in [0.3, 0.4) is 0 Å². The summed E-state index contributed by atoms with van der Waals surface area (Å²) in [7, 11) is -1.73. The molecule has 6 heteroatoms. The molecular weight excluding hydrogens is 276 g/mol. The Morgan fingerprint density at radius 3 is 2.45 bits per heavy atom. The molecular formula is C14H24N2O3S. The van der Waals surface area contributed by atoms with Crippen LogP contribution >= 0.6 is 0 Å². The maximum absolute atomic E-state index is 12.6. The molecule has 1 saturated carbocycles. The Labute approximate surface area is 121 Å². The molecule has 0 bridgehead atoms.